The predicted octanol–water partition coefficient (Wildman–Crippen LogP) is 2.91. The molecule has 1 saturated heterocycles. The van der Waals surface area contributed by atoms with E-state index in [9.17, 15) is 9.18 Å². The van der Waals surface area contributed by atoms with E-state index >= 15 is 0 Å². The molecule has 1 aliphatic rings. The molecule has 0 aromatic heterocycles. The van der Waals surface area contributed by atoms with Crippen LogP contribution in [-0.4, -0.2) is 41.9 Å². The van der Waals surface area contributed by atoms with Crippen molar-refractivity contribution in [3.63, 3.8) is 0 Å². The highest BCUT2D eigenvalue weighted by Gasteiger charge is 2.25. The molecular formula is C17H25FN2O. The third kappa shape index (κ3) is 4.27. The third-order valence-corrected chi connectivity index (χ3v) is 4.31. The molecule has 1 aromatic rings. The first kappa shape index (κ1) is 16.0. The van der Waals surface area contributed by atoms with Gasteiger partial charge >= 0.3 is 0 Å². The number of piperazine rings is 1. The van der Waals surface area contributed by atoms with Gasteiger partial charge in [-0.2, -0.15) is 0 Å². The van der Waals surface area contributed by atoms with Crippen molar-refractivity contribution in [2.75, 3.05) is 26.2 Å². The summed E-state index contributed by atoms with van der Waals surface area (Å²) in [4.78, 5) is 16.6. The Morgan fingerprint density at radius 1 is 1.19 bits per heavy atom. The fourth-order valence-corrected chi connectivity index (χ4v) is 2.92. The van der Waals surface area contributed by atoms with Crippen LogP contribution in [0.25, 0.3) is 0 Å². The lowest BCUT2D eigenvalue weighted by Gasteiger charge is -2.36. The summed E-state index contributed by atoms with van der Waals surface area (Å²) in [7, 11) is 0. The Labute approximate surface area is 126 Å². The van der Waals surface area contributed by atoms with Crippen LogP contribution in [0.3, 0.4) is 0 Å². The van der Waals surface area contributed by atoms with Gasteiger partial charge < -0.3 is 4.90 Å². The van der Waals surface area contributed by atoms with Crippen LogP contribution < -0.4 is 0 Å². The Morgan fingerprint density at radius 2 is 1.86 bits per heavy atom. The fourth-order valence-electron chi connectivity index (χ4n) is 2.92. The molecule has 0 atom stereocenters. The van der Waals surface area contributed by atoms with Crippen LogP contribution in [0.1, 0.15) is 32.3 Å². The second kappa shape index (κ2) is 7.55. The molecule has 1 aromatic carbocycles. The maximum Gasteiger partial charge on any atom is 0.225 e. The van der Waals surface area contributed by atoms with Gasteiger partial charge in [-0.25, -0.2) is 4.39 Å². The van der Waals surface area contributed by atoms with Gasteiger partial charge in [0.1, 0.15) is 5.82 Å². The van der Waals surface area contributed by atoms with Gasteiger partial charge in [-0.15, -0.1) is 0 Å². The lowest BCUT2D eigenvalue weighted by molar-refractivity contribution is -0.137. The van der Waals surface area contributed by atoms with Gasteiger partial charge in [0.25, 0.3) is 0 Å². The number of nitrogens with zero attached hydrogens (tertiary/aromatic N) is 2. The summed E-state index contributed by atoms with van der Waals surface area (Å²) in [5.74, 6) is 0.278. The molecule has 2 rings (SSSR count). The topological polar surface area (TPSA) is 23.6 Å². The van der Waals surface area contributed by atoms with Crippen molar-refractivity contribution in [1.29, 1.82) is 0 Å². The summed E-state index contributed by atoms with van der Waals surface area (Å²) in [6.07, 6.45) is 1.83. The van der Waals surface area contributed by atoms with E-state index in [1.54, 1.807) is 12.1 Å². The molecular weight excluding hydrogens is 267 g/mol. The molecule has 0 saturated carbocycles. The molecule has 0 N–H and O–H groups in total. The average Bonchev–Trinajstić information content (AvgIpc) is 2.49. The van der Waals surface area contributed by atoms with Crippen molar-refractivity contribution < 1.29 is 9.18 Å². The molecule has 1 heterocycles. The second-order valence-electron chi connectivity index (χ2n) is 5.74. The quantitative estimate of drug-likeness (QED) is 0.833. The van der Waals surface area contributed by atoms with Crippen LogP contribution in [0, 0.1) is 11.7 Å². The average molecular weight is 292 g/mol. The van der Waals surface area contributed by atoms with Gasteiger partial charge in [0.15, 0.2) is 0 Å². The fraction of sp³-hybridized carbons (Fsp3) is 0.588. The molecule has 0 aliphatic carbocycles. The Morgan fingerprint density at radius 3 is 2.43 bits per heavy atom. The van der Waals surface area contributed by atoms with Crippen LogP contribution in [-0.2, 0) is 11.3 Å². The van der Waals surface area contributed by atoms with E-state index in [0.29, 0.717) is 5.91 Å². The molecule has 21 heavy (non-hydrogen) atoms. The highest BCUT2D eigenvalue weighted by atomic mass is 19.1. The van der Waals surface area contributed by atoms with Gasteiger partial charge in [0, 0.05) is 38.6 Å². The SMILES string of the molecule is CCC(CC)C(=O)N1CCN(Cc2cccc(F)c2)CC1. The van der Waals surface area contributed by atoms with E-state index in [0.717, 1.165) is 51.1 Å². The van der Waals surface area contributed by atoms with E-state index in [-0.39, 0.29) is 11.7 Å². The minimum Gasteiger partial charge on any atom is -0.340 e. The molecule has 0 radical (unpaired) electrons. The summed E-state index contributed by atoms with van der Waals surface area (Å²) in [6, 6.07) is 6.75. The normalized spacial score (nSPS) is 16.5. The Balaban J connectivity index is 1.84. The van der Waals surface area contributed by atoms with Crippen molar-refractivity contribution in [2.45, 2.75) is 33.2 Å². The van der Waals surface area contributed by atoms with E-state index in [1.165, 1.54) is 6.07 Å². The zero-order valence-electron chi connectivity index (χ0n) is 13.0. The molecule has 1 aliphatic heterocycles. The smallest absolute Gasteiger partial charge is 0.225 e. The molecule has 1 amide bonds. The van der Waals surface area contributed by atoms with Gasteiger partial charge in [-0.3, -0.25) is 9.69 Å². The number of hydrogen-bond acceptors (Lipinski definition) is 2. The maximum absolute atomic E-state index is 13.2. The molecule has 0 unspecified atom stereocenters. The van der Waals surface area contributed by atoms with Crippen molar-refractivity contribution in [3.05, 3.63) is 35.6 Å². The zero-order valence-corrected chi connectivity index (χ0v) is 13.0. The monoisotopic (exact) mass is 292 g/mol. The third-order valence-electron chi connectivity index (χ3n) is 4.31. The summed E-state index contributed by atoms with van der Waals surface area (Å²) < 4.78 is 13.2. The Hall–Kier alpha value is -1.42. The highest BCUT2D eigenvalue weighted by Crippen LogP contribution is 2.15. The summed E-state index contributed by atoms with van der Waals surface area (Å²) in [5, 5.41) is 0. The van der Waals surface area contributed by atoms with Crippen molar-refractivity contribution >= 4 is 5.91 Å². The first-order valence-electron chi connectivity index (χ1n) is 7.89. The second-order valence-corrected chi connectivity index (χ2v) is 5.74. The zero-order chi connectivity index (χ0) is 15.2. The Bertz CT molecular complexity index is 466. The number of hydrogen-bond donors (Lipinski definition) is 0. The van der Waals surface area contributed by atoms with E-state index < -0.39 is 0 Å². The van der Waals surface area contributed by atoms with Crippen molar-refractivity contribution in [2.24, 2.45) is 5.92 Å². The van der Waals surface area contributed by atoms with Crippen LogP contribution in [0.2, 0.25) is 0 Å². The number of carbonyl (C=O) groups excluding carboxylic acids is 1. The van der Waals surface area contributed by atoms with Gasteiger partial charge in [0.05, 0.1) is 0 Å². The minimum absolute atomic E-state index is 0.166. The molecule has 0 bridgehead atoms. The number of carbonyl (C=O) groups is 1. The highest BCUT2D eigenvalue weighted by molar-refractivity contribution is 5.78. The largest absolute Gasteiger partial charge is 0.340 e. The van der Waals surface area contributed by atoms with Crippen LogP contribution in [0.5, 0.6) is 0 Å². The lowest BCUT2D eigenvalue weighted by atomic mass is 10.0. The standard InChI is InChI=1S/C17H25FN2O/c1-3-15(4-2)17(21)20-10-8-19(9-11-20)13-14-6-5-7-16(18)12-14/h5-7,12,15H,3-4,8-11,13H2,1-2H3. The number of halogens is 1. The first-order valence-corrected chi connectivity index (χ1v) is 7.89. The minimum atomic E-state index is -0.185. The summed E-state index contributed by atoms with van der Waals surface area (Å²) >= 11 is 0. The van der Waals surface area contributed by atoms with Crippen molar-refractivity contribution in [1.82, 2.24) is 9.80 Å². The van der Waals surface area contributed by atoms with Crippen LogP contribution in [0.4, 0.5) is 4.39 Å². The van der Waals surface area contributed by atoms with Gasteiger partial charge in [0.2, 0.25) is 5.91 Å². The first-order chi connectivity index (χ1) is 10.1. The van der Waals surface area contributed by atoms with E-state index in [1.807, 2.05) is 11.0 Å². The van der Waals surface area contributed by atoms with Crippen LogP contribution in [0.15, 0.2) is 24.3 Å². The lowest BCUT2D eigenvalue weighted by Crippen LogP contribution is -2.49. The summed E-state index contributed by atoms with van der Waals surface area (Å²) in [6.45, 7) is 8.20. The van der Waals surface area contributed by atoms with Crippen LogP contribution >= 0.6 is 0 Å². The van der Waals surface area contributed by atoms with Gasteiger partial charge in [-0.05, 0) is 30.5 Å². The van der Waals surface area contributed by atoms with Crippen molar-refractivity contribution in [3.8, 4) is 0 Å². The summed E-state index contributed by atoms with van der Waals surface area (Å²) in [5.41, 5.74) is 0.995. The van der Waals surface area contributed by atoms with E-state index in [2.05, 4.69) is 18.7 Å². The van der Waals surface area contributed by atoms with Gasteiger partial charge in [-0.1, -0.05) is 26.0 Å². The maximum atomic E-state index is 13.2. The molecule has 3 nitrogen and oxygen atoms in total. The molecule has 1 fully saturated rings. The number of rotatable bonds is 5. The predicted molar refractivity (Wildman–Crippen MR) is 82.3 cm³/mol. The van der Waals surface area contributed by atoms with E-state index in [4.69, 9.17) is 0 Å². The molecule has 0 spiro atoms. The molecule has 4 heteroatoms. The number of amides is 1. The number of benzene rings is 1. The Kier molecular flexibility index (Phi) is 5.74. The molecule has 116 valence electrons.